The summed E-state index contributed by atoms with van der Waals surface area (Å²) in [6.07, 6.45) is 3.68. The SMILES string of the molecule is Cc1nc(OCC2CCCCO2)ccc1N. The third-order valence-corrected chi connectivity index (χ3v) is 2.79. The molecule has 2 heterocycles. The Balaban J connectivity index is 1.86. The van der Waals surface area contributed by atoms with Crippen LogP contribution in [0.15, 0.2) is 12.1 Å². The van der Waals surface area contributed by atoms with Gasteiger partial charge in [0.1, 0.15) is 6.61 Å². The van der Waals surface area contributed by atoms with E-state index >= 15 is 0 Å². The molecule has 4 nitrogen and oxygen atoms in total. The number of pyridine rings is 1. The molecule has 16 heavy (non-hydrogen) atoms. The largest absolute Gasteiger partial charge is 0.475 e. The van der Waals surface area contributed by atoms with Crippen molar-refractivity contribution < 1.29 is 9.47 Å². The minimum Gasteiger partial charge on any atom is -0.475 e. The molecule has 0 bridgehead atoms. The van der Waals surface area contributed by atoms with Crippen LogP contribution in [-0.2, 0) is 4.74 Å². The van der Waals surface area contributed by atoms with Crippen molar-refractivity contribution in [3.05, 3.63) is 17.8 Å². The topological polar surface area (TPSA) is 57.4 Å². The molecule has 2 rings (SSSR count). The van der Waals surface area contributed by atoms with Crippen molar-refractivity contribution in [2.75, 3.05) is 18.9 Å². The second-order valence-electron chi connectivity index (χ2n) is 4.12. The number of rotatable bonds is 3. The molecule has 0 spiro atoms. The highest BCUT2D eigenvalue weighted by Crippen LogP contribution is 2.16. The predicted octanol–water partition coefficient (Wildman–Crippen LogP) is 1.92. The number of aromatic nitrogens is 1. The summed E-state index contributed by atoms with van der Waals surface area (Å²) in [5.74, 6) is 0.626. The molecule has 0 saturated carbocycles. The van der Waals surface area contributed by atoms with E-state index in [0.717, 1.165) is 25.1 Å². The van der Waals surface area contributed by atoms with Crippen molar-refractivity contribution in [3.8, 4) is 5.88 Å². The molecule has 0 radical (unpaired) electrons. The van der Waals surface area contributed by atoms with Gasteiger partial charge < -0.3 is 15.2 Å². The van der Waals surface area contributed by atoms with Gasteiger partial charge in [-0.15, -0.1) is 0 Å². The van der Waals surface area contributed by atoms with Gasteiger partial charge in [-0.2, -0.15) is 0 Å². The number of aryl methyl sites for hydroxylation is 1. The summed E-state index contributed by atoms with van der Waals surface area (Å²) < 4.78 is 11.2. The lowest BCUT2D eigenvalue weighted by Gasteiger charge is -2.22. The zero-order chi connectivity index (χ0) is 11.4. The third-order valence-electron chi connectivity index (χ3n) is 2.79. The third kappa shape index (κ3) is 2.85. The van der Waals surface area contributed by atoms with E-state index in [1.807, 2.05) is 13.0 Å². The van der Waals surface area contributed by atoms with Crippen LogP contribution in [0.4, 0.5) is 5.69 Å². The Hall–Kier alpha value is -1.29. The number of nitrogen functional groups attached to an aromatic ring is 1. The van der Waals surface area contributed by atoms with Crippen molar-refractivity contribution >= 4 is 5.69 Å². The number of hydrogen-bond acceptors (Lipinski definition) is 4. The van der Waals surface area contributed by atoms with Crippen molar-refractivity contribution in [1.29, 1.82) is 0 Å². The summed E-state index contributed by atoms with van der Waals surface area (Å²) in [6, 6.07) is 3.62. The Morgan fingerprint density at radius 2 is 2.38 bits per heavy atom. The molecule has 0 amide bonds. The first kappa shape index (κ1) is 11.2. The van der Waals surface area contributed by atoms with E-state index in [-0.39, 0.29) is 6.10 Å². The summed E-state index contributed by atoms with van der Waals surface area (Å²) in [7, 11) is 0. The first-order valence-electron chi connectivity index (χ1n) is 5.73. The minimum atomic E-state index is 0.216. The normalized spacial score (nSPS) is 20.7. The maximum Gasteiger partial charge on any atom is 0.213 e. The Morgan fingerprint density at radius 1 is 1.50 bits per heavy atom. The molecule has 0 aromatic carbocycles. The highest BCUT2D eigenvalue weighted by molar-refractivity contribution is 5.43. The molecule has 2 N–H and O–H groups in total. The molecule has 1 aliphatic heterocycles. The first-order valence-corrected chi connectivity index (χ1v) is 5.73. The van der Waals surface area contributed by atoms with E-state index < -0.39 is 0 Å². The van der Waals surface area contributed by atoms with Gasteiger partial charge in [-0.25, -0.2) is 4.98 Å². The van der Waals surface area contributed by atoms with Gasteiger partial charge in [0.2, 0.25) is 5.88 Å². The highest BCUT2D eigenvalue weighted by atomic mass is 16.5. The van der Waals surface area contributed by atoms with Crippen LogP contribution >= 0.6 is 0 Å². The van der Waals surface area contributed by atoms with Gasteiger partial charge in [-0.1, -0.05) is 0 Å². The highest BCUT2D eigenvalue weighted by Gasteiger charge is 2.14. The van der Waals surface area contributed by atoms with Crippen molar-refractivity contribution in [3.63, 3.8) is 0 Å². The molecule has 1 aromatic rings. The lowest BCUT2D eigenvalue weighted by Crippen LogP contribution is -2.26. The number of hydrogen-bond donors (Lipinski definition) is 1. The van der Waals surface area contributed by atoms with Crippen LogP contribution in [-0.4, -0.2) is 24.3 Å². The Labute approximate surface area is 95.8 Å². The van der Waals surface area contributed by atoms with E-state index in [1.165, 1.54) is 6.42 Å². The zero-order valence-corrected chi connectivity index (χ0v) is 9.61. The second kappa shape index (κ2) is 5.16. The van der Waals surface area contributed by atoms with Crippen molar-refractivity contribution in [2.24, 2.45) is 0 Å². The molecule has 1 fully saturated rings. The summed E-state index contributed by atoms with van der Waals surface area (Å²) in [4.78, 5) is 4.25. The van der Waals surface area contributed by atoms with Gasteiger partial charge in [0.05, 0.1) is 17.5 Å². The fourth-order valence-electron chi connectivity index (χ4n) is 1.75. The lowest BCUT2D eigenvalue weighted by molar-refractivity contribution is -0.0119. The molecule has 88 valence electrons. The summed E-state index contributed by atoms with van der Waals surface area (Å²) in [5, 5.41) is 0. The molecule has 1 saturated heterocycles. The Morgan fingerprint density at radius 3 is 3.06 bits per heavy atom. The maximum absolute atomic E-state index is 5.68. The van der Waals surface area contributed by atoms with Crippen LogP contribution in [0.1, 0.15) is 25.0 Å². The van der Waals surface area contributed by atoms with E-state index in [0.29, 0.717) is 18.2 Å². The van der Waals surface area contributed by atoms with Crippen LogP contribution in [0.3, 0.4) is 0 Å². The van der Waals surface area contributed by atoms with Crippen molar-refractivity contribution in [1.82, 2.24) is 4.98 Å². The average molecular weight is 222 g/mol. The molecule has 1 unspecified atom stereocenters. The molecule has 0 aliphatic carbocycles. The second-order valence-corrected chi connectivity index (χ2v) is 4.12. The summed E-state index contributed by atoms with van der Waals surface area (Å²) >= 11 is 0. The van der Waals surface area contributed by atoms with Crippen LogP contribution in [0.5, 0.6) is 5.88 Å². The number of nitrogens with two attached hydrogens (primary N) is 1. The lowest BCUT2D eigenvalue weighted by atomic mass is 10.1. The molecular weight excluding hydrogens is 204 g/mol. The molecule has 1 atom stereocenters. The van der Waals surface area contributed by atoms with Gasteiger partial charge in [-0.3, -0.25) is 0 Å². The molecule has 1 aromatic heterocycles. The van der Waals surface area contributed by atoms with Crippen LogP contribution in [0.25, 0.3) is 0 Å². The number of anilines is 1. The Kier molecular flexibility index (Phi) is 3.62. The fourth-order valence-corrected chi connectivity index (χ4v) is 1.75. The zero-order valence-electron chi connectivity index (χ0n) is 9.61. The molecule has 1 aliphatic rings. The summed E-state index contributed by atoms with van der Waals surface area (Å²) in [5.41, 5.74) is 7.19. The van der Waals surface area contributed by atoms with Gasteiger partial charge in [0.15, 0.2) is 0 Å². The molecule has 4 heteroatoms. The Bertz CT molecular complexity index is 349. The van der Waals surface area contributed by atoms with Crippen LogP contribution in [0.2, 0.25) is 0 Å². The molecular formula is C12H18N2O2. The standard InChI is InChI=1S/C12H18N2O2/c1-9-11(13)5-6-12(14-9)16-8-10-4-2-3-7-15-10/h5-6,10H,2-4,7-8,13H2,1H3. The van der Waals surface area contributed by atoms with Crippen molar-refractivity contribution in [2.45, 2.75) is 32.3 Å². The number of nitrogens with zero attached hydrogens (tertiary/aromatic N) is 1. The minimum absolute atomic E-state index is 0.216. The predicted molar refractivity (Wildman–Crippen MR) is 62.5 cm³/mol. The van der Waals surface area contributed by atoms with E-state index in [1.54, 1.807) is 6.07 Å². The fraction of sp³-hybridized carbons (Fsp3) is 0.583. The van der Waals surface area contributed by atoms with Gasteiger partial charge in [0.25, 0.3) is 0 Å². The van der Waals surface area contributed by atoms with Gasteiger partial charge >= 0.3 is 0 Å². The van der Waals surface area contributed by atoms with Crippen LogP contribution < -0.4 is 10.5 Å². The average Bonchev–Trinajstić information content (AvgIpc) is 2.32. The number of ether oxygens (including phenoxy) is 2. The monoisotopic (exact) mass is 222 g/mol. The van der Waals surface area contributed by atoms with E-state index in [4.69, 9.17) is 15.2 Å². The van der Waals surface area contributed by atoms with Gasteiger partial charge in [0, 0.05) is 12.7 Å². The maximum atomic E-state index is 5.68. The quantitative estimate of drug-likeness (QED) is 0.848. The van der Waals surface area contributed by atoms with Gasteiger partial charge in [-0.05, 0) is 32.3 Å². The smallest absolute Gasteiger partial charge is 0.213 e. The van der Waals surface area contributed by atoms with E-state index in [2.05, 4.69) is 4.98 Å². The summed E-state index contributed by atoms with van der Waals surface area (Å²) in [6.45, 7) is 3.30. The van der Waals surface area contributed by atoms with E-state index in [9.17, 15) is 0 Å². The first-order chi connectivity index (χ1) is 7.75. The van der Waals surface area contributed by atoms with Crippen LogP contribution in [0, 0.1) is 6.92 Å².